The number of carbonyl (C=O) groups excluding carboxylic acids is 1. The number of ether oxygens (including phenoxy) is 2. The van der Waals surface area contributed by atoms with Gasteiger partial charge in [-0.25, -0.2) is 0 Å². The van der Waals surface area contributed by atoms with Gasteiger partial charge in [0.25, 0.3) is 0 Å². The summed E-state index contributed by atoms with van der Waals surface area (Å²) in [7, 11) is 1.61. The van der Waals surface area contributed by atoms with Crippen molar-refractivity contribution in [2.75, 3.05) is 18.2 Å². The van der Waals surface area contributed by atoms with Crippen LogP contribution in [-0.2, 0) is 11.3 Å². The summed E-state index contributed by atoms with van der Waals surface area (Å²) < 4.78 is 14.4. The molecular weight excluding hydrogens is 492 g/mol. The molecule has 1 aromatic heterocycles. The normalized spacial score (nSPS) is 11.9. The molecule has 1 atom stereocenters. The summed E-state index contributed by atoms with van der Waals surface area (Å²) in [5.74, 6) is 2.49. The molecule has 170 valence electrons. The van der Waals surface area contributed by atoms with Crippen LogP contribution in [0.5, 0.6) is 11.5 Å². The van der Waals surface area contributed by atoms with E-state index in [1.807, 2.05) is 60.0 Å². The Hall–Kier alpha value is -2.52. The molecular formula is C23H27BrN4O3S. The van der Waals surface area contributed by atoms with Crippen LogP contribution in [0, 0.1) is 5.92 Å². The predicted octanol–water partition coefficient (Wildman–Crippen LogP) is 5.58. The summed E-state index contributed by atoms with van der Waals surface area (Å²) in [6.45, 7) is 6.91. The molecule has 0 aliphatic rings. The number of aromatic nitrogens is 3. The number of carbonyl (C=O) groups is 1. The van der Waals surface area contributed by atoms with E-state index in [0.29, 0.717) is 28.4 Å². The van der Waals surface area contributed by atoms with E-state index >= 15 is 0 Å². The number of hydrogen-bond donors (Lipinski definition) is 1. The van der Waals surface area contributed by atoms with Crippen molar-refractivity contribution >= 4 is 39.3 Å². The molecule has 3 rings (SSSR count). The van der Waals surface area contributed by atoms with Gasteiger partial charge in [-0.3, -0.25) is 4.79 Å². The van der Waals surface area contributed by atoms with Gasteiger partial charge in [0.15, 0.2) is 28.6 Å². The van der Waals surface area contributed by atoms with Crippen molar-refractivity contribution < 1.29 is 14.3 Å². The van der Waals surface area contributed by atoms with Gasteiger partial charge in [-0.05, 0) is 53.0 Å². The predicted molar refractivity (Wildman–Crippen MR) is 130 cm³/mol. The minimum absolute atomic E-state index is 0.110. The lowest BCUT2D eigenvalue weighted by Gasteiger charge is -2.19. The summed E-state index contributed by atoms with van der Waals surface area (Å²) in [4.78, 5) is 12.5. The molecule has 0 saturated carbocycles. The summed E-state index contributed by atoms with van der Waals surface area (Å²) in [5, 5.41) is 12.3. The van der Waals surface area contributed by atoms with Crippen molar-refractivity contribution in [3.05, 3.63) is 58.8 Å². The maximum Gasteiger partial charge on any atom is 0.234 e. The number of nitrogens with one attached hydrogen (secondary N) is 1. The van der Waals surface area contributed by atoms with E-state index in [-0.39, 0.29) is 17.8 Å². The number of rotatable bonds is 10. The number of methoxy groups -OCH3 is 1. The lowest BCUT2D eigenvalue weighted by molar-refractivity contribution is -0.113. The van der Waals surface area contributed by atoms with Gasteiger partial charge in [-0.15, -0.1) is 10.2 Å². The van der Waals surface area contributed by atoms with Crippen molar-refractivity contribution in [1.82, 2.24) is 14.8 Å². The van der Waals surface area contributed by atoms with Gasteiger partial charge in [-0.1, -0.05) is 49.9 Å². The van der Waals surface area contributed by atoms with Crippen LogP contribution in [0.3, 0.4) is 0 Å². The third-order valence-corrected chi connectivity index (χ3v) is 6.17. The quantitative estimate of drug-likeness (QED) is 0.353. The fourth-order valence-electron chi connectivity index (χ4n) is 3.08. The molecule has 0 aliphatic heterocycles. The van der Waals surface area contributed by atoms with Crippen LogP contribution in [0.2, 0.25) is 0 Å². The van der Waals surface area contributed by atoms with Crippen LogP contribution in [0.4, 0.5) is 5.69 Å². The molecule has 32 heavy (non-hydrogen) atoms. The lowest BCUT2D eigenvalue weighted by atomic mass is 10.2. The van der Waals surface area contributed by atoms with Gasteiger partial charge in [0.05, 0.1) is 18.6 Å². The first kappa shape index (κ1) is 24.1. The zero-order valence-corrected chi connectivity index (χ0v) is 20.9. The Kier molecular flexibility index (Phi) is 8.58. The zero-order chi connectivity index (χ0) is 23.1. The largest absolute Gasteiger partial charge is 0.493 e. The molecule has 1 N–H and O–H groups in total. The highest BCUT2D eigenvalue weighted by atomic mass is 79.9. The third-order valence-electron chi connectivity index (χ3n) is 4.51. The maximum atomic E-state index is 12.5. The summed E-state index contributed by atoms with van der Waals surface area (Å²) in [6.07, 6.45) is -0.346. The number of benzene rings is 2. The number of anilines is 1. The van der Waals surface area contributed by atoms with Crippen LogP contribution in [0.1, 0.15) is 32.7 Å². The first-order valence-corrected chi connectivity index (χ1v) is 12.1. The molecule has 0 saturated heterocycles. The zero-order valence-electron chi connectivity index (χ0n) is 18.5. The molecule has 0 fully saturated rings. The molecule has 1 unspecified atom stereocenters. The highest BCUT2D eigenvalue weighted by Crippen LogP contribution is 2.31. The van der Waals surface area contributed by atoms with Crippen molar-refractivity contribution in [1.29, 1.82) is 0 Å². The second-order valence-corrected chi connectivity index (χ2v) is 9.37. The molecule has 0 radical (unpaired) electrons. The Morgan fingerprint density at radius 3 is 2.47 bits per heavy atom. The van der Waals surface area contributed by atoms with Gasteiger partial charge < -0.3 is 19.4 Å². The average molecular weight is 519 g/mol. The molecule has 0 spiro atoms. The number of thioether (sulfide) groups is 1. The molecule has 0 aliphatic carbocycles. The number of hydrogen-bond acceptors (Lipinski definition) is 6. The Morgan fingerprint density at radius 1 is 1.09 bits per heavy atom. The molecule has 7 nitrogen and oxygen atoms in total. The Labute approximate surface area is 201 Å². The lowest BCUT2D eigenvalue weighted by Crippen LogP contribution is -2.17. The van der Waals surface area contributed by atoms with Gasteiger partial charge in [0.1, 0.15) is 0 Å². The SMILES string of the molecule is COc1ccccc1OC(C)c1nnc(SCC(=O)Nc2ccccc2Br)n1CC(C)C. The van der Waals surface area contributed by atoms with E-state index in [9.17, 15) is 4.79 Å². The maximum absolute atomic E-state index is 12.5. The first-order chi connectivity index (χ1) is 15.4. The molecule has 3 aromatic rings. The van der Waals surface area contributed by atoms with Crippen LogP contribution >= 0.6 is 27.7 Å². The number of para-hydroxylation sites is 3. The van der Waals surface area contributed by atoms with E-state index in [1.165, 1.54) is 11.8 Å². The highest BCUT2D eigenvalue weighted by Gasteiger charge is 2.22. The topological polar surface area (TPSA) is 78.3 Å². The molecule has 1 amide bonds. The van der Waals surface area contributed by atoms with Crippen molar-refractivity contribution in [2.45, 2.75) is 38.6 Å². The van der Waals surface area contributed by atoms with Gasteiger partial charge in [-0.2, -0.15) is 0 Å². The van der Waals surface area contributed by atoms with Gasteiger partial charge >= 0.3 is 0 Å². The monoisotopic (exact) mass is 518 g/mol. The first-order valence-electron chi connectivity index (χ1n) is 10.3. The standard InChI is InChI=1S/C23H27BrN4O3S/c1-15(2)13-28-22(16(3)31-20-12-8-7-11-19(20)30-4)26-27-23(28)32-14-21(29)25-18-10-6-5-9-17(18)24/h5-12,15-16H,13-14H2,1-4H3,(H,25,29). The number of halogens is 1. The van der Waals surface area contributed by atoms with E-state index in [2.05, 4.69) is 45.3 Å². The van der Waals surface area contributed by atoms with Crippen molar-refractivity contribution in [3.8, 4) is 11.5 Å². The Bertz CT molecular complexity index is 1060. The minimum atomic E-state index is -0.346. The van der Waals surface area contributed by atoms with Crippen LogP contribution in [0.25, 0.3) is 0 Å². The number of amides is 1. The minimum Gasteiger partial charge on any atom is -0.493 e. The highest BCUT2D eigenvalue weighted by molar-refractivity contribution is 9.10. The van der Waals surface area contributed by atoms with Crippen LogP contribution in [0.15, 0.2) is 58.2 Å². The number of nitrogens with zero attached hydrogens (tertiary/aromatic N) is 3. The van der Waals surface area contributed by atoms with Crippen LogP contribution < -0.4 is 14.8 Å². The Morgan fingerprint density at radius 2 is 1.78 bits per heavy atom. The molecule has 1 heterocycles. The molecule has 9 heteroatoms. The van der Waals surface area contributed by atoms with E-state index in [4.69, 9.17) is 9.47 Å². The van der Waals surface area contributed by atoms with Crippen molar-refractivity contribution in [2.24, 2.45) is 5.92 Å². The summed E-state index contributed by atoms with van der Waals surface area (Å²) in [6, 6.07) is 15.0. The van der Waals surface area contributed by atoms with E-state index in [0.717, 1.165) is 16.7 Å². The van der Waals surface area contributed by atoms with Gasteiger partial charge in [0.2, 0.25) is 5.91 Å². The fraction of sp³-hybridized carbons (Fsp3) is 0.348. The summed E-state index contributed by atoms with van der Waals surface area (Å²) in [5.41, 5.74) is 0.737. The fourth-order valence-corrected chi connectivity index (χ4v) is 4.22. The van der Waals surface area contributed by atoms with E-state index in [1.54, 1.807) is 7.11 Å². The molecule has 0 bridgehead atoms. The summed E-state index contributed by atoms with van der Waals surface area (Å²) >= 11 is 4.80. The smallest absolute Gasteiger partial charge is 0.234 e. The average Bonchev–Trinajstić information content (AvgIpc) is 3.16. The second-order valence-electron chi connectivity index (χ2n) is 7.57. The van der Waals surface area contributed by atoms with E-state index < -0.39 is 0 Å². The molecule has 2 aromatic carbocycles. The second kappa shape index (κ2) is 11.4. The third kappa shape index (κ3) is 6.26. The van der Waals surface area contributed by atoms with Crippen molar-refractivity contribution in [3.63, 3.8) is 0 Å². The Balaban J connectivity index is 1.73. The van der Waals surface area contributed by atoms with Gasteiger partial charge in [0, 0.05) is 11.0 Å². The van der Waals surface area contributed by atoms with Crippen LogP contribution in [-0.4, -0.2) is 33.5 Å².